The van der Waals surface area contributed by atoms with E-state index in [0.29, 0.717) is 0 Å². The van der Waals surface area contributed by atoms with Crippen LogP contribution in [0.1, 0.15) is 0 Å². The van der Waals surface area contributed by atoms with E-state index in [1.807, 2.05) is 12.4 Å². The van der Waals surface area contributed by atoms with Crippen LogP contribution < -0.4 is 0 Å². The summed E-state index contributed by atoms with van der Waals surface area (Å²) in [7, 11) is 2.13. The molecule has 5 aromatic heterocycles. The molecule has 0 aliphatic rings. The van der Waals surface area contributed by atoms with Crippen LogP contribution in [0.25, 0.3) is 82.3 Å². The Labute approximate surface area is 245 Å². The fourth-order valence-electron chi connectivity index (χ4n) is 7.25. The number of aromatic nitrogens is 6. The van der Waals surface area contributed by atoms with Crippen LogP contribution in [-0.4, -0.2) is 28.5 Å². The lowest BCUT2D eigenvalue weighted by molar-refractivity contribution is 0.914. The van der Waals surface area contributed by atoms with E-state index in [1.54, 1.807) is 0 Å². The predicted molar refractivity (Wildman–Crippen MR) is 176 cm³/mol. The van der Waals surface area contributed by atoms with Crippen LogP contribution in [0.5, 0.6) is 0 Å². The van der Waals surface area contributed by atoms with Gasteiger partial charge in [-0.3, -0.25) is 0 Å². The van der Waals surface area contributed by atoms with Gasteiger partial charge >= 0.3 is 0 Å². The Morgan fingerprint density at radius 2 is 1.02 bits per heavy atom. The minimum atomic E-state index is 0.971. The lowest BCUT2D eigenvalue weighted by atomic mass is 10.1. The maximum atomic E-state index is 5.01. The molecular weight excluding hydrogens is 528 g/mol. The average Bonchev–Trinajstić information content (AvgIpc) is 3.83. The molecule has 0 unspecified atom stereocenters. The summed E-state index contributed by atoms with van der Waals surface area (Å²) in [6.07, 6.45) is 3.95. The molecule has 0 radical (unpaired) electrons. The zero-order valence-corrected chi connectivity index (χ0v) is 23.3. The number of nitrogens with zero attached hydrogens (tertiary/aromatic N) is 6. The van der Waals surface area contributed by atoms with Crippen LogP contribution >= 0.6 is 0 Å². The average molecular weight is 553 g/mol. The van der Waals surface area contributed by atoms with Crippen molar-refractivity contribution >= 4 is 70.9 Å². The van der Waals surface area contributed by atoms with E-state index in [-0.39, 0.29) is 0 Å². The fraction of sp³-hybridized carbons (Fsp3) is 0.0270. The zero-order chi connectivity index (χ0) is 28.2. The zero-order valence-electron chi connectivity index (χ0n) is 23.3. The molecule has 5 heterocycles. The SMILES string of the molecule is Cn1c2ccccc2c2cc(-n3ncc4c3c3ccccc3c3c(-n5c6ccccc6c6ccccc65)cnn43)ccc21. The number of fused-ring (bicyclic) bond motifs is 12. The Balaban J connectivity index is 1.30. The van der Waals surface area contributed by atoms with Gasteiger partial charge in [0.05, 0.1) is 40.3 Å². The van der Waals surface area contributed by atoms with Crippen LogP contribution in [0.3, 0.4) is 0 Å². The smallest absolute Gasteiger partial charge is 0.112 e. The van der Waals surface area contributed by atoms with Gasteiger partial charge < -0.3 is 9.13 Å². The Morgan fingerprint density at radius 1 is 0.465 bits per heavy atom. The summed E-state index contributed by atoms with van der Waals surface area (Å²) in [5.74, 6) is 0. The number of para-hydroxylation sites is 3. The molecule has 6 heteroatoms. The Morgan fingerprint density at radius 3 is 1.72 bits per heavy atom. The van der Waals surface area contributed by atoms with Crippen molar-refractivity contribution in [2.24, 2.45) is 7.05 Å². The minimum absolute atomic E-state index is 0.971. The molecule has 43 heavy (non-hydrogen) atoms. The van der Waals surface area contributed by atoms with E-state index in [1.165, 1.54) is 43.6 Å². The quantitative estimate of drug-likeness (QED) is 0.216. The largest absolute Gasteiger partial charge is 0.344 e. The molecule has 0 N–H and O–H groups in total. The monoisotopic (exact) mass is 552 g/mol. The molecule has 0 fully saturated rings. The van der Waals surface area contributed by atoms with Gasteiger partial charge in [-0.05, 0) is 36.4 Å². The van der Waals surface area contributed by atoms with Crippen molar-refractivity contribution in [2.45, 2.75) is 0 Å². The van der Waals surface area contributed by atoms with Gasteiger partial charge in [0, 0.05) is 50.4 Å². The summed E-state index contributed by atoms with van der Waals surface area (Å²) in [6, 6.07) is 41.1. The molecule has 10 rings (SSSR count). The first-order chi connectivity index (χ1) is 21.3. The van der Waals surface area contributed by atoms with Crippen molar-refractivity contribution in [3.8, 4) is 11.4 Å². The predicted octanol–water partition coefficient (Wildman–Crippen LogP) is 8.57. The molecule has 10 aromatic rings. The third kappa shape index (κ3) is 2.87. The van der Waals surface area contributed by atoms with E-state index in [2.05, 4.69) is 141 Å². The fourth-order valence-corrected chi connectivity index (χ4v) is 7.25. The second-order valence-electron chi connectivity index (χ2n) is 11.3. The van der Waals surface area contributed by atoms with Gasteiger partial charge in [0.2, 0.25) is 0 Å². The molecule has 0 atom stereocenters. The van der Waals surface area contributed by atoms with E-state index in [9.17, 15) is 0 Å². The number of hydrogen-bond acceptors (Lipinski definition) is 2. The number of aryl methyl sites for hydroxylation is 1. The van der Waals surface area contributed by atoms with Crippen LogP contribution in [0.4, 0.5) is 0 Å². The number of benzene rings is 5. The molecule has 202 valence electrons. The first-order valence-corrected chi connectivity index (χ1v) is 14.5. The summed E-state index contributed by atoms with van der Waals surface area (Å²) in [6.45, 7) is 0. The minimum Gasteiger partial charge on any atom is -0.344 e. The van der Waals surface area contributed by atoms with Gasteiger partial charge in [-0.2, -0.15) is 10.2 Å². The van der Waals surface area contributed by atoms with E-state index in [4.69, 9.17) is 10.2 Å². The molecule has 0 aliphatic heterocycles. The summed E-state index contributed by atoms with van der Waals surface area (Å²) in [4.78, 5) is 0. The van der Waals surface area contributed by atoms with Gasteiger partial charge in [-0.1, -0.05) is 78.9 Å². The molecule has 0 bridgehead atoms. The van der Waals surface area contributed by atoms with Gasteiger partial charge in [-0.25, -0.2) is 9.20 Å². The standard InChI is InChI=1S/C37H24N6/c1-40-30-15-7-4-12-26(30)29-20-23(18-19-31(29)40)42-37-28-14-3-2-13-27(28)36-34(21-39-43(36)35(37)22-38-42)41-32-16-8-5-10-24(32)25-11-6-9-17-33(25)41/h2-22H,1H3. The molecule has 5 aromatic carbocycles. The first-order valence-electron chi connectivity index (χ1n) is 14.5. The Kier molecular flexibility index (Phi) is 4.29. The van der Waals surface area contributed by atoms with Crippen LogP contribution in [-0.2, 0) is 7.05 Å². The van der Waals surface area contributed by atoms with Crippen LogP contribution in [0, 0.1) is 0 Å². The highest BCUT2D eigenvalue weighted by atomic mass is 15.3. The van der Waals surface area contributed by atoms with Crippen molar-refractivity contribution in [3.63, 3.8) is 0 Å². The topological polar surface area (TPSA) is 45.0 Å². The van der Waals surface area contributed by atoms with Gasteiger partial charge in [-0.15, -0.1) is 0 Å². The third-order valence-corrected chi connectivity index (χ3v) is 9.13. The summed E-state index contributed by atoms with van der Waals surface area (Å²) >= 11 is 0. The normalized spacial score (nSPS) is 12.3. The molecule has 0 saturated heterocycles. The van der Waals surface area contributed by atoms with Gasteiger partial charge in [0.1, 0.15) is 11.0 Å². The number of rotatable bonds is 2. The highest BCUT2D eigenvalue weighted by Crippen LogP contribution is 2.38. The lowest BCUT2D eigenvalue weighted by Gasteiger charge is -2.11. The number of pyridine rings is 1. The van der Waals surface area contributed by atoms with Crippen molar-refractivity contribution in [3.05, 3.63) is 128 Å². The van der Waals surface area contributed by atoms with Crippen molar-refractivity contribution in [1.29, 1.82) is 0 Å². The summed E-state index contributed by atoms with van der Waals surface area (Å²) < 4.78 is 8.75. The molecule has 0 aliphatic carbocycles. The van der Waals surface area contributed by atoms with Crippen molar-refractivity contribution in [1.82, 2.24) is 28.5 Å². The van der Waals surface area contributed by atoms with Crippen LogP contribution in [0.2, 0.25) is 0 Å². The number of hydrogen-bond donors (Lipinski definition) is 0. The Bertz CT molecular complexity index is 2700. The molecule has 0 saturated carbocycles. The Hall–Kier alpha value is -5.88. The first kappa shape index (κ1) is 22.8. The van der Waals surface area contributed by atoms with Crippen molar-refractivity contribution < 1.29 is 0 Å². The lowest BCUT2D eigenvalue weighted by Crippen LogP contribution is -1.99. The van der Waals surface area contributed by atoms with E-state index in [0.717, 1.165) is 38.7 Å². The van der Waals surface area contributed by atoms with E-state index < -0.39 is 0 Å². The molecule has 0 amide bonds. The molecule has 0 spiro atoms. The highest BCUT2D eigenvalue weighted by molar-refractivity contribution is 6.16. The van der Waals surface area contributed by atoms with E-state index >= 15 is 0 Å². The summed E-state index contributed by atoms with van der Waals surface area (Å²) in [5, 5.41) is 17.2. The van der Waals surface area contributed by atoms with Gasteiger partial charge in [0.15, 0.2) is 0 Å². The van der Waals surface area contributed by atoms with Gasteiger partial charge in [0.25, 0.3) is 0 Å². The second kappa shape index (κ2) is 8.11. The highest BCUT2D eigenvalue weighted by Gasteiger charge is 2.21. The van der Waals surface area contributed by atoms with Crippen LogP contribution in [0.15, 0.2) is 128 Å². The third-order valence-electron chi connectivity index (χ3n) is 9.13. The molecule has 6 nitrogen and oxygen atoms in total. The summed E-state index contributed by atoms with van der Waals surface area (Å²) in [5.41, 5.74) is 9.93. The van der Waals surface area contributed by atoms with Crippen molar-refractivity contribution in [2.75, 3.05) is 0 Å². The molecular formula is C37H24N6. The maximum Gasteiger partial charge on any atom is 0.112 e. The second-order valence-corrected chi connectivity index (χ2v) is 11.3. The maximum absolute atomic E-state index is 5.01.